The Morgan fingerprint density at radius 1 is 0.514 bits per heavy atom. The Morgan fingerprint density at radius 2 is 0.829 bits per heavy atom. The van der Waals surface area contributed by atoms with Crippen LogP contribution in [0.15, 0.2) is 24.3 Å². The Morgan fingerprint density at radius 3 is 1.17 bits per heavy atom. The van der Waals surface area contributed by atoms with E-state index >= 15 is 0 Å². The van der Waals surface area contributed by atoms with Crippen LogP contribution in [0.1, 0.15) is 20.7 Å². The number of alkyl halides is 1. The second kappa shape index (κ2) is 19.7. The Labute approximate surface area is 215 Å². The molecule has 1 heterocycles. The van der Waals surface area contributed by atoms with E-state index in [0.717, 1.165) is 5.33 Å². The van der Waals surface area contributed by atoms with Gasteiger partial charge in [-0.1, -0.05) is 28.1 Å². The van der Waals surface area contributed by atoms with Crippen LogP contribution in [0.2, 0.25) is 0 Å². The van der Waals surface area contributed by atoms with Gasteiger partial charge in [-0.3, -0.25) is 14.5 Å². The smallest absolute Gasteiger partial charge is 0.261 e. The van der Waals surface area contributed by atoms with Gasteiger partial charge < -0.3 is 33.2 Å². The zero-order valence-electron chi connectivity index (χ0n) is 20.1. The quantitative estimate of drug-likeness (QED) is 0.112. The van der Waals surface area contributed by atoms with E-state index in [-0.39, 0.29) is 25.0 Å². The van der Waals surface area contributed by atoms with E-state index in [1.807, 2.05) is 0 Å². The van der Waals surface area contributed by atoms with Gasteiger partial charge in [-0.2, -0.15) is 0 Å². The van der Waals surface area contributed by atoms with E-state index in [1.165, 1.54) is 4.90 Å². The molecule has 0 saturated heterocycles. The van der Waals surface area contributed by atoms with Gasteiger partial charge in [0.25, 0.3) is 11.8 Å². The van der Waals surface area contributed by atoms with Gasteiger partial charge in [-0.15, -0.1) is 0 Å². The van der Waals surface area contributed by atoms with Crippen molar-refractivity contribution in [2.45, 2.75) is 0 Å². The fraction of sp³-hybridized carbons (Fsp3) is 0.667. The van der Waals surface area contributed by atoms with Crippen molar-refractivity contribution < 1.29 is 42.7 Å². The maximum absolute atomic E-state index is 12.2. The topological polar surface area (TPSA) is 102 Å². The maximum atomic E-state index is 12.2. The van der Waals surface area contributed by atoms with E-state index in [1.54, 1.807) is 24.3 Å². The van der Waals surface area contributed by atoms with E-state index in [4.69, 9.17) is 33.2 Å². The SMILES string of the molecule is O=C1c2ccccc2C(=O)N1CCOCCOCCOCCOCCOCCOCCOCCBr. The molecule has 0 fully saturated rings. The van der Waals surface area contributed by atoms with E-state index < -0.39 is 0 Å². The summed E-state index contributed by atoms with van der Waals surface area (Å²) in [7, 11) is 0. The summed E-state index contributed by atoms with van der Waals surface area (Å²) < 4.78 is 37.8. The van der Waals surface area contributed by atoms with Crippen molar-refractivity contribution in [3.05, 3.63) is 35.4 Å². The largest absolute Gasteiger partial charge is 0.378 e. The van der Waals surface area contributed by atoms with Crippen LogP contribution in [0.4, 0.5) is 0 Å². The second-order valence-electron chi connectivity index (χ2n) is 7.28. The number of rotatable bonds is 23. The number of carbonyl (C=O) groups excluding carboxylic acids is 2. The van der Waals surface area contributed by atoms with Gasteiger partial charge in [0.1, 0.15) is 0 Å². The Bertz CT molecular complexity index is 687. The molecule has 11 heteroatoms. The number of benzene rings is 1. The third-order valence-corrected chi connectivity index (χ3v) is 5.11. The number of halogens is 1. The molecule has 198 valence electrons. The van der Waals surface area contributed by atoms with Gasteiger partial charge in [-0.25, -0.2) is 0 Å². The lowest BCUT2D eigenvalue weighted by atomic mass is 10.1. The molecule has 0 saturated carbocycles. The monoisotopic (exact) mass is 561 g/mol. The van der Waals surface area contributed by atoms with E-state index in [0.29, 0.717) is 97.0 Å². The first-order valence-electron chi connectivity index (χ1n) is 11.8. The second-order valence-corrected chi connectivity index (χ2v) is 8.08. The van der Waals surface area contributed by atoms with E-state index in [2.05, 4.69) is 15.9 Å². The fourth-order valence-electron chi connectivity index (χ4n) is 3.07. The summed E-state index contributed by atoms with van der Waals surface area (Å²) in [5.41, 5.74) is 0.896. The highest BCUT2D eigenvalue weighted by atomic mass is 79.9. The molecule has 35 heavy (non-hydrogen) atoms. The zero-order chi connectivity index (χ0) is 25.0. The lowest BCUT2D eigenvalue weighted by Crippen LogP contribution is -2.33. The lowest BCUT2D eigenvalue weighted by molar-refractivity contribution is -0.0203. The van der Waals surface area contributed by atoms with Crippen molar-refractivity contribution in [3.8, 4) is 0 Å². The molecule has 0 aliphatic carbocycles. The average molecular weight is 562 g/mol. The highest BCUT2D eigenvalue weighted by Gasteiger charge is 2.34. The average Bonchev–Trinajstić information content (AvgIpc) is 3.12. The van der Waals surface area contributed by atoms with Gasteiger partial charge in [0.15, 0.2) is 0 Å². The zero-order valence-corrected chi connectivity index (χ0v) is 21.7. The summed E-state index contributed by atoms with van der Waals surface area (Å²) in [6, 6.07) is 6.83. The highest BCUT2D eigenvalue weighted by molar-refractivity contribution is 9.09. The third-order valence-electron chi connectivity index (χ3n) is 4.79. The van der Waals surface area contributed by atoms with Crippen molar-refractivity contribution in [3.63, 3.8) is 0 Å². The minimum atomic E-state index is -0.271. The molecule has 0 spiro atoms. The first kappa shape index (κ1) is 29.8. The molecule has 10 nitrogen and oxygen atoms in total. The number of amides is 2. The van der Waals surface area contributed by atoms with Crippen LogP contribution in [0.25, 0.3) is 0 Å². The van der Waals surface area contributed by atoms with Crippen LogP contribution in [0, 0.1) is 0 Å². The molecular formula is C24H36BrNO9. The molecular weight excluding hydrogens is 526 g/mol. The summed E-state index contributed by atoms with van der Waals surface area (Å²) >= 11 is 3.29. The molecule has 0 N–H and O–H groups in total. The van der Waals surface area contributed by atoms with Crippen molar-refractivity contribution in [1.82, 2.24) is 4.90 Å². The summed E-state index contributed by atoms with van der Waals surface area (Å²) in [4.78, 5) is 25.7. The number of nitrogens with zero attached hydrogens (tertiary/aromatic N) is 1. The third kappa shape index (κ3) is 12.4. The molecule has 0 aromatic heterocycles. The van der Waals surface area contributed by atoms with Gasteiger partial charge >= 0.3 is 0 Å². The number of hydrogen-bond acceptors (Lipinski definition) is 9. The summed E-state index contributed by atoms with van der Waals surface area (Å²) in [5.74, 6) is -0.543. The first-order valence-corrected chi connectivity index (χ1v) is 12.9. The minimum Gasteiger partial charge on any atom is -0.378 e. The molecule has 1 aromatic carbocycles. The highest BCUT2D eigenvalue weighted by Crippen LogP contribution is 2.21. The van der Waals surface area contributed by atoms with E-state index in [9.17, 15) is 9.59 Å². The molecule has 1 aliphatic rings. The van der Waals surface area contributed by atoms with Crippen LogP contribution >= 0.6 is 15.9 Å². The number of fused-ring (bicyclic) bond motifs is 1. The van der Waals surface area contributed by atoms with Crippen molar-refractivity contribution in [2.24, 2.45) is 0 Å². The molecule has 0 radical (unpaired) electrons. The first-order chi connectivity index (χ1) is 17.3. The minimum absolute atomic E-state index is 0.224. The number of ether oxygens (including phenoxy) is 7. The Balaban J connectivity index is 1.27. The predicted molar refractivity (Wildman–Crippen MR) is 131 cm³/mol. The summed E-state index contributed by atoms with van der Waals surface area (Å²) in [5, 5.41) is 0.831. The fourth-order valence-corrected chi connectivity index (χ4v) is 3.30. The van der Waals surface area contributed by atoms with Crippen molar-refractivity contribution >= 4 is 27.7 Å². The normalized spacial score (nSPS) is 13.1. The summed E-state index contributed by atoms with van der Waals surface area (Å²) in [6.07, 6.45) is 0. The Kier molecular flexibility index (Phi) is 16.8. The van der Waals surface area contributed by atoms with Gasteiger partial charge in [-0.05, 0) is 12.1 Å². The number of carbonyl (C=O) groups is 2. The van der Waals surface area contributed by atoms with Crippen LogP contribution in [0.5, 0.6) is 0 Å². The van der Waals surface area contributed by atoms with Crippen LogP contribution in [0.3, 0.4) is 0 Å². The van der Waals surface area contributed by atoms with Crippen LogP contribution < -0.4 is 0 Å². The van der Waals surface area contributed by atoms with Crippen molar-refractivity contribution in [1.29, 1.82) is 0 Å². The molecule has 1 aromatic rings. The predicted octanol–water partition coefficient (Wildman–Crippen LogP) is 1.79. The maximum Gasteiger partial charge on any atom is 0.261 e. The van der Waals surface area contributed by atoms with Crippen molar-refractivity contribution in [2.75, 3.05) is 104 Å². The number of imide groups is 1. The molecule has 2 amide bonds. The summed E-state index contributed by atoms with van der Waals surface area (Å²) in [6.45, 7) is 7.11. The van der Waals surface area contributed by atoms with Crippen LogP contribution in [-0.2, 0) is 33.2 Å². The van der Waals surface area contributed by atoms with Crippen LogP contribution in [-0.4, -0.2) is 121 Å². The molecule has 1 aliphatic heterocycles. The molecule has 2 rings (SSSR count). The molecule has 0 bridgehead atoms. The number of hydrogen-bond donors (Lipinski definition) is 0. The lowest BCUT2D eigenvalue weighted by Gasteiger charge is -2.13. The van der Waals surface area contributed by atoms with Gasteiger partial charge in [0, 0.05) is 5.33 Å². The van der Waals surface area contributed by atoms with Gasteiger partial charge in [0.05, 0.1) is 110 Å². The standard InChI is InChI=1S/C24H36BrNO9/c25-5-7-29-9-11-31-13-15-33-17-19-35-20-18-34-16-14-32-12-10-30-8-6-26-23(27)21-3-1-2-4-22(21)24(26)28/h1-4H,5-20H2. The molecule has 0 unspecified atom stereocenters. The Hall–Kier alpha value is -1.44. The molecule has 0 atom stereocenters. The van der Waals surface area contributed by atoms with Gasteiger partial charge in [0.2, 0.25) is 0 Å².